The number of hydrogen-bond donors (Lipinski definition) is 1. The van der Waals surface area contributed by atoms with E-state index in [2.05, 4.69) is 0 Å². The van der Waals surface area contributed by atoms with Crippen molar-refractivity contribution in [2.24, 2.45) is 0 Å². The number of nitrogens with zero attached hydrogens (tertiary/aromatic N) is 1. The Kier molecular flexibility index (Phi) is 7.58. The smallest absolute Gasteiger partial charge is 0.207 e. The molecule has 0 aromatic heterocycles. The largest absolute Gasteiger partial charge is 0.493 e. The first-order chi connectivity index (χ1) is 14.3. The fraction of sp³-hybridized carbons (Fsp3) is 0.348. The van der Waals surface area contributed by atoms with Crippen molar-refractivity contribution in [1.82, 2.24) is 0 Å². The number of hydrogen-bond acceptors (Lipinski definition) is 7. The maximum absolute atomic E-state index is 13.2. The van der Waals surface area contributed by atoms with Gasteiger partial charge in [-0.1, -0.05) is 6.92 Å². The van der Waals surface area contributed by atoms with Gasteiger partial charge in [-0.2, -0.15) is 0 Å². The third kappa shape index (κ3) is 4.45. The van der Waals surface area contributed by atoms with Crippen molar-refractivity contribution in [3.63, 3.8) is 0 Å². The van der Waals surface area contributed by atoms with Crippen LogP contribution >= 0.6 is 0 Å². The summed E-state index contributed by atoms with van der Waals surface area (Å²) in [6.07, 6.45) is 2.32. The summed E-state index contributed by atoms with van der Waals surface area (Å²) in [6.45, 7) is 1.93. The monoisotopic (exact) mass is 414 g/mol. The van der Waals surface area contributed by atoms with Gasteiger partial charge in [0.1, 0.15) is 0 Å². The molecule has 2 aromatic rings. The number of benzene rings is 2. The van der Waals surface area contributed by atoms with Gasteiger partial charge in [-0.25, -0.2) is 0 Å². The lowest BCUT2D eigenvalue weighted by molar-refractivity contribution is 0.103. The standard InChI is InChI=1S/C23H30N2O5/c1-8-14(20(26)15-9-10-17(24)18(12-15)25(2)3)11-16-13-19(27-4)22(29-6)23(30-7)21(16)28-5/h9-13H,8,24H2,1-7H3/b14-11+. The number of nitrogen functional groups attached to an aromatic ring is 1. The van der Waals surface area contributed by atoms with Crippen LogP contribution in [0.3, 0.4) is 0 Å². The second kappa shape index (κ2) is 9.91. The Hall–Kier alpha value is -3.35. The molecular formula is C23H30N2O5. The Morgan fingerprint density at radius 2 is 1.60 bits per heavy atom. The predicted octanol–water partition coefficient (Wildman–Crippen LogP) is 4.05. The molecule has 0 heterocycles. The minimum Gasteiger partial charge on any atom is -0.493 e. The van der Waals surface area contributed by atoms with Gasteiger partial charge in [-0.15, -0.1) is 0 Å². The molecule has 30 heavy (non-hydrogen) atoms. The van der Waals surface area contributed by atoms with E-state index in [1.165, 1.54) is 21.3 Å². The Bertz CT molecular complexity index is 951. The summed E-state index contributed by atoms with van der Waals surface area (Å²) in [5.41, 5.74) is 9.26. The highest BCUT2D eigenvalue weighted by Gasteiger charge is 2.22. The number of methoxy groups -OCH3 is 4. The summed E-state index contributed by atoms with van der Waals surface area (Å²) < 4.78 is 21.9. The number of anilines is 2. The van der Waals surface area contributed by atoms with Crippen LogP contribution < -0.4 is 29.6 Å². The molecule has 0 aliphatic rings. The fourth-order valence-electron chi connectivity index (χ4n) is 3.24. The predicted molar refractivity (Wildman–Crippen MR) is 120 cm³/mol. The van der Waals surface area contributed by atoms with E-state index in [9.17, 15) is 4.79 Å². The third-order valence-electron chi connectivity index (χ3n) is 4.79. The van der Waals surface area contributed by atoms with E-state index in [0.29, 0.717) is 51.8 Å². The molecule has 0 bridgehead atoms. The van der Waals surface area contributed by atoms with Crippen molar-refractivity contribution < 1.29 is 23.7 Å². The first kappa shape index (κ1) is 22.9. The molecular weight excluding hydrogens is 384 g/mol. The van der Waals surface area contributed by atoms with Gasteiger partial charge < -0.3 is 29.6 Å². The molecule has 0 radical (unpaired) electrons. The number of ether oxygens (including phenoxy) is 4. The fourth-order valence-corrected chi connectivity index (χ4v) is 3.24. The van der Waals surface area contributed by atoms with Gasteiger partial charge >= 0.3 is 0 Å². The van der Waals surface area contributed by atoms with Gasteiger partial charge in [0.2, 0.25) is 11.5 Å². The molecule has 0 saturated carbocycles. The molecule has 162 valence electrons. The molecule has 2 N–H and O–H groups in total. The molecule has 0 spiro atoms. The Morgan fingerprint density at radius 3 is 2.10 bits per heavy atom. The van der Waals surface area contributed by atoms with Crippen molar-refractivity contribution in [3.8, 4) is 23.0 Å². The molecule has 0 unspecified atom stereocenters. The Balaban J connectivity index is 2.62. The number of nitrogens with two attached hydrogens (primary N) is 1. The number of allylic oxidation sites excluding steroid dienone is 1. The summed E-state index contributed by atoms with van der Waals surface area (Å²) >= 11 is 0. The third-order valence-corrected chi connectivity index (χ3v) is 4.79. The van der Waals surface area contributed by atoms with Crippen molar-refractivity contribution in [3.05, 3.63) is 41.0 Å². The maximum Gasteiger partial charge on any atom is 0.207 e. The van der Waals surface area contributed by atoms with Crippen LogP contribution in [0, 0.1) is 0 Å². The lowest BCUT2D eigenvalue weighted by Gasteiger charge is -2.18. The molecule has 0 aliphatic heterocycles. The number of rotatable bonds is 9. The minimum absolute atomic E-state index is 0.0867. The number of ketones is 1. The molecule has 7 nitrogen and oxygen atoms in total. The van der Waals surface area contributed by atoms with Crippen molar-refractivity contribution in [2.45, 2.75) is 13.3 Å². The van der Waals surface area contributed by atoms with Gasteiger partial charge in [0, 0.05) is 30.8 Å². The zero-order chi connectivity index (χ0) is 22.4. The molecule has 0 amide bonds. The molecule has 0 atom stereocenters. The van der Waals surface area contributed by atoms with E-state index in [1.807, 2.05) is 25.9 Å². The van der Waals surface area contributed by atoms with E-state index < -0.39 is 0 Å². The number of carbonyl (C=O) groups excluding carboxylic acids is 1. The van der Waals surface area contributed by atoms with E-state index in [1.54, 1.807) is 37.5 Å². The minimum atomic E-state index is -0.0867. The van der Waals surface area contributed by atoms with Gasteiger partial charge in [-0.05, 0) is 36.8 Å². The average molecular weight is 415 g/mol. The number of carbonyl (C=O) groups is 1. The molecule has 2 aromatic carbocycles. The van der Waals surface area contributed by atoms with Crippen LogP contribution in [0.5, 0.6) is 23.0 Å². The van der Waals surface area contributed by atoms with E-state index >= 15 is 0 Å². The average Bonchev–Trinajstić information content (AvgIpc) is 2.75. The van der Waals surface area contributed by atoms with E-state index in [-0.39, 0.29) is 5.78 Å². The van der Waals surface area contributed by atoms with Crippen LogP contribution in [0.25, 0.3) is 6.08 Å². The van der Waals surface area contributed by atoms with Gasteiger partial charge in [-0.3, -0.25) is 4.79 Å². The van der Waals surface area contributed by atoms with Gasteiger partial charge in [0.15, 0.2) is 17.3 Å². The van der Waals surface area contributed by atoms with Crippen molar-refractivity contribution >= 4 is 23.2 Å². The highest BCUT2D eigenvalue weighted by atomic mass is 16.5. The van der Waals surface area contributed by atoms with Crippen LogP contribution in [-0.4, -0.2) is 48.3 Å². The topological polar surface area (TPSA) is 83.2 Å². The van der Waals surface area contributed by atoms with Crippen LogP contribution in [0.2, 0.25) is 0 Å². The highest BCUT2D eigenvalue weighted by Crippen LogP contribution is 2.47. The first-order valence-electron chi connectivity index (χ1n) is 9.51. The maximum atomic E-state index is 13.2. The van der Waals surface area contributed by atoms with Crippen LogP contribution in [0.1, 0.15) is 29.3 Å². The second-order valence-electron chi connectivity index (χ2n) is 6.79. The first-order valence-corrected chi connectivity index (χ1v) is 9.51. The number of Topliss-reactive ketones (excluding diaryl/α,β-unsaturated/α-hetero) is 1. The normalized spacial score (nSPS) is 11.1. The molecule has 2 rings (SSSR count). The summed E-state index contributed by atoms with van der Waals surface area (Å²) in [7, 11) is 9.91. The van der Waals surface area contributed by atoms with E-state index in [4.69, 9.17) is 24.7 Å². The van der Waals surface area contributed by atoms with Crippen molar-refractivity contribution in [1.29, 1.82) is 0 Å². The zero-order valence-corrected chi connectivity index (χ0v) is 18.7. The molecule has 7 heteroatoms. The van der Waals surface area contributed by atoms with Crippen molar-refractivity contribution in [2.75, 3.05) is 53.2 Å². The zero-order valence-electron chi connectivity index (χ0n) is 18.7. The molecule has 0 saturated heterocycles. The van der Waals surface area contributed by atoms with Crippen LogP contribution in [0.4, 0.5) is 11.4 Å². The van der Waals surface area contributed by atoms with Gasteiger partial charge in [0.05, 0.1) is 39.8 Å². The Morgan fingerprint density at radius 1 is 0.967 bits per heavy atom. The SMILES string of the molecule is CC/C(=C\c1cc(OC)c(OC)c(OC)c1OC)C(=O)c1ccc(N)c(N(C)C)c1. The molecule has 0 aliphatic carbocycles. The lowest BCUT2D eigenvalue weighted by atomic mass is 9.97. The molecule has 0 fully saturated rings. The summed E-state index contributed by atoms with van der Waals surface area (Å²) in [4.78, 5) is 15.1. The summed E-state index contributed by atoms with van der Waals surface area (Å²) in [5.74, 6) is 1.67. The quantitative estimate of drug-likeness (QED) is 0.376. The van der Waals surface area contributed by atoms with Crippen LogP contribution in [-0.2, 0) is 0 Å². The summed E-state index contributed by atoms with van der Waals surface area (Å²) in [6, 6.07) is 7.04. The second-order valence-corrected chi connectivity index (χ2v) is 6.79. The van der Waals surface area contributed by atoms with Crippen LogP contribution in [0.15, 0.2) is 29.8 Å². The lowest BCUT2D eigenvalue weighted by Crippen LogP contribution is -2.13. The van der Waals surface area contributed by atoms with Gasteiger partial charge in [0.25, 0.3) is 0 Å². The highest BCUT2D eigenvalue weighted by molar-refractivity contribution is 6.12. The summed E-state index contributed by atoms with van der Waals surface area (Å²) in [5, 5.41) is 0. The van der Waals surface area contributed by atoms with E-state index in [0.717, 1.165) is 5.69 Å². The Labute approximate surface area is 178 Å².